The summed E-state index contributed by atoms with van der Waals surface area (Å²) in [5.74, 6) is -1.50. The van der Waals surface area contributed by atoms with E-state index in [1.54, 1.807) is 6.92 Å². The Bertz CT molecular complexity index is 439. The molecule has 1 saturated heterocycles. The lowest BCUT2D eigenvalue weighted by Gasteiger charge is -2.26. The van der Waals surface area contributed by atoms with E-state index >= 15 is 0 Å². The van der Waals surface area contributed by atoms with E-state index in [0.717, 1.165) is 5.02 Å². The van der Waals surface area contributed by atoms with Crippen LogP contribution in [0.2, 0.25) is 0 Å². The summed E-state index contributed by atoms with van der Waals surface area (Å²) in [4.78, 5) is 28.0. The van der Waals surface area contributed by atoms with Gasteiger partial charge in [-0.2, -0.15) is 4.63 Å². The average molecular weight is 275 g/mol. The van der Waals surface area contributed by atoms with E-state index < -0.39 is 18.2 Å². The van der Waals surface area contributed by atoms with Gasteiger partial charge in [-0.1, -0.05) is 0 Å². The van der Waals surface area contributed by atoms with E-state index in [-0.39, 0.29) is 5.92 Å². The molecule has 0 aromatic carbocycles. The van der Waals surface area contributed by atoms with Crippen LogP contribution in [-0.4, -0.2) is 46.4 Å². The van der Waals surface area contributed by atoms with E-state index in [4.69, 9.17) is 19.3 Å². The number of hydrogen-bond acceptors (Lipinski definition) is 6. The highest BCUT2D eigenvalue weighted by Gasteiger charge is 2.30. The first kappa shape index (κ1) is 13.4. The molecule has 19 heavy (non-hydrogen) atoms. The van der Waals surface area contributed by atoms with E-state index in [2.05, 4.69) is 0 Å². The van der Waals surface area contributed by atoms with Crippen molar-refractivity contribution in [3.63, 3.8) is 0 Å². The van der Waals surface area contributed by atoms with Crippen LogP contribution < -0.4 is 9.85 Å². The van der Waals surface area contributed by atoms with Crippen LogP contribution in [0.4, 0.5) is 0 Å². The second-order valence-corrected chi connectivity index (χ2v) is 4.42. The minimum atomic E-state index is -0.761. The third-order valence-corrected chi connectivity index (χ3v) is 2.89. The van der Waals surface area contributed by atoms with E-state index in [1.165, 1.54) is 11.9 Å². The quantitative estimate of drug-likeness (QED) is 0.579. The molecule has 1 aliphatic rings. The third kappa shape index (κ3) is 3.46. The highest BCUT2D eigenvalue weighted by Crippen LogP contribution is 2.17. The molecule has 9 nitrogen and oxygen atoms in total. The molecule has 0 bridgehead atoms. The molecule has 2 heterocycles. The highest BCUT2D eigenvalue weighted by molar-refractivity contribution is 5.70. The van der Waals surface area contributed by atoms with Gasteiger partial charge in [0.15, 0.2) is 0 Å². The Morgan fingerprint density at radius 2 is 2.00 bits per heavy atom. The Morgan fingerprint density at radius 3 is 2.53 bits per heavy atom. The van der Waals surface area contributed by atoms with E-state index in [1.807, 2.05) is 5.01 Å². The first-order valence-corrected chi connectivity index (χ1v) is 6.07. The minimum absolute atomic E-state index is 0.300. The van der Waals surface area contributed by atoms with Crippen LogP contribution in [0.25, 0.3) is 0 Å². The molecule has 9 heteroatoms. The fourth-order valence-corrected chi connectivity index (χ4v) is 1.93. The summed E-state index contributed by atoms with van der Waals surface area (Å²) >= 11 is 0. The molecule has 0 aliphatic carbocycles. The Hall–Kier alpha value is -2.06. The van der Waals surface area contributed by atoms with Gasteiger partial charge in [-0.15, -0.1) is 0 Å². The van der Waals surface area contributed by atoms with Crippen molar-refractivity contribution >= 4 is 11.9 Å². The number of aliphatic carboxylic acids is 1. The molecule has 108 valence electrons. The molecule has 1 unspecified atom stereocenters. The largest absolute Gasteiger partial charge is 0.481 e. The van der Waals surface area contributed by atoms with Gasteiger partial charge in [0.2, 0.25) is 0 Å². The van der Waals surface area contributed by atoms with Crippen LogP contribution in [0.3, 0.4) is 0 Å². The second kappa shape index (κ2) is 5.29. The maximum Gasteiger partial charge on any atom is 0.306 e. The average Bonchev–Trinajstić information content (AvgIpc) is 3.07. The smallest absolute Gasteiger partial charge is 0.306 e. The normalized spacial score (nSPS) is 18.3. The molecule has 1 fully saturated rings. The summed E-state index contributed by atoms with van der Waals surface area (Å²) in [6, 6.07) is 0. The number of rotatable bonds is 5. The summed E-state index contributed by atoms with van der Waals surface area (Å²) in [7, 11) is 0. The van der Waals surface area contributed by atoms with Crippen molar-refractivity contribution in [1.82, 2.24) is 9.98 Å². The van der Waals surface area contributed by atoms with E-state index in [0.29, 0.717) is 25.9 Å². The first-order chi connectivity index (χ1) is 8.97. The Labute approximate surface area is 109 Å². The van der Waals surface area contributed by atoms with Crippen LogP contribution in [0, 0.1) is 5.92 Å². The Morgan fingerprint density at radius 1 is 1.37 bits per heavy atom. The summed E-state index contributed by atoms with van der Waals surface area (Å²) in [5.41, 5.74) is 0. The molecule has 0 radical (unpaired) electrons. The zero-order chi connectivity index (χ0) is 14.0. The number of piperidine rings is 1. The maximum absolute atomic E-state index is 10.8. The highest BCUT2D eigenvalue weighted by atomic mass is 17.0. The Kier molecular flexibility index (Phi) is 3.72. The number of carbonyl (C=O) groups is 2. The van der Waals surface area contributed by atoms with Gasteiger partial charge in [0, 0.05) is 31.9 Å². The van der Waals surface area contributed by atoms with Crippen molar-refractivity contribution in [2.24, 2.45) is 5.92 Å². The van der Waals surface area contributed by atoms with Crippen LogP contribution in [-0.2, 0) is 14.3 Å². The standard InChI is InChI=1S/C10H17N3O6/c1-7(14)17-8(2)18-13-12(19-13)11-5-3-9(4-6-11)10(15)16/h8-9H,3-6H2,1-2H3,(H,15,16). The fourth-order valence-electron chi connectivity index (χ4n) is 1.93. The topological polar surface area (TPSA) is 99.1 Å². The lowest BCUT2D eigenvalue weighted by atomic mass is 9.98. The van der Waals surface area contributed by atoms with Crippen molar-refractivity contribution in [3.05, 3.63) is 0 Å². The third-order valence-electron chi connectivity index (χ3n) is 2.89. The van der Waals surface area contributed by atoms with Gasteiger partial charge in [-0.05, 0) is 12.8 Å². The zero-order valence-electron chi connectivity index (χ0n) is 10.8. The lowest BCUT2D eigenvalue weighted by Crippen LogP contribution is -2.42. The van der Waals surface area contributed by atoms with Crippen molar-refractivity contribution in [2.45, 2.75) is 33.0 Å². The SMILES string of the molecule is CC(=O)OC(C)On1on1N1CCC(C(=O)O)CC1. The maximum atomic E-state index is 10.8. The molecule has 2 rings (SSSR count). The first-order valence-electron chi connectivity index (χ1n) is 6.07. The van der Waals surface area contributed by atoms with Crippen molar-refractivity contribution in [2.75, 3.05) is 18.1 Å². The van der Waals surface area contributed by atoms with Crippen molar-refractivity contribution in [3.8, 4) is 0 Å². The number of ether oxygens (including phenoxy) is 1. The van der Waals surface area contributed by atoms with Gasteiger partial charge in [0.25, 0.3) is 6.29 Å². The number of nitrogens with zero attached hydrogens (tertiary/aromatic N) is 3. The van der Waals surface area contributed by atoms with Gasteiger partial charge in [0.05, 0.1) is 5.92 Å². The molecule has 1 aliphatic heterocycles. The molecule has 1 atom stereocenters. The molecular formula is C10H17N3O6. The number of hydrogen-bond donors (Lipinski definition) is 1. The zero-order valence-corrected chi connectivity index (χ0v) is 10.8. The molecule has 1 N–H and O–H groups in total. The molecule has 0 spiro atoms. The second-order valence-electron chi connectivity index (χ2n) is 4.42. The number of carboxylic acids is 1. The van der Waals surface area contributed by atoms with Crippen molar-refractivity contribution in [1.29, 1.82) is 0 Å². The fraction of sp³-hybridized carbons (Fsp3) is 0.800. The lowest BCUT2D eigenvalue weighted by molar-refractivity contribution is -0.178. The summed E-state index contributed by atoms with van der Waals surface area (Å²) in [6.07, 6.45) is 0.365. The summed E-state index contributed by atoms with van der Waals surface area (Å²) in [5, 5.41) is 11.8. The number of carboxylic acid groups (broad SMARTS) is 1. The van der Waals surface area contributed by atoms with Crippen LogP contribution in [0.5, 0.6) is 0 Å². The van der Waals surface area contributed by atoms with Crippen LogP contribution >= 0.6 is 0 Å². The molecule has 1 aromatic rings. The molecule has 0 saturated carbocycles. The van der Waals surface area contributed by atoms with Gasteiger partial charge in [-0.25, -0.2) is 0 Å². The van der Waals surface area contributed by atoms with Gasteiger partial charge in [-0.3, -0.25) is 14.6 Å². The predicted octanol–water partition coefficient (Wildman–Crippen LogP) is -0.347. The van der Waals surface area contributed by atoms with Gasteiger partial charge >= 0.3 is 11.9 Å². The number of aromatic nitrogens is 2. The molecular weight excluding hydrogens is 258 g/mol. The predicted molar refractivity (Wildman–Crippen MR) is 60.8 cm³/mol. The van der Waals surface area contributed by atoms with Crippen LogP contribution in [0.1, 0.15) is 26.7 Å². The monoisotopic (exact) mass is 275 g/mol. The molecule has 0 amide bonds. The van der Waals surface area contributed by atoms with Crippen LogP contribution in [0.15, 0.2) is 4.63 Å². The number of esters is 1. The molecule has 1 aromatic heterocycles. The van der Waals surface area contributed by atoms with E-state index in [9.17, 15) is 9.59 Å². The Balaban J connectivity index is 1.77. The van der Waals surface area contributed by atoms with Gasteiger partial charge < -0.3 is 14.7 Å². The van der Waals surface area contributed by atoms with Gasteiger partial charge in [0.1, 0.15) is 5.02 Å². The minimum Gasteiger partial charge on any atom is -0.481 e. The summed E-state index contributed by atoms with van der Waals surface area (Å²) < 4.78 is 9.82. The number of carbonyl (C=O) groups excluding carboxylic acids is 1. The van der Waals surface area contributed by atoms with Crippen molar-refractivity contribution < 1.29 is 28.9 Å². The summed E-state index contributed by atoms with van der Waals surface area (Å²) in [6.45, 7) is 3.99.